The summed E-state index contributed by atoms with van der Waals surface area (Å²) in [6.45, 7) is 5.18. The zero-order valence-corrected chi connectivity index (χ0v) is 13.5. The van der Waals surface area contributed by atoms with Gasteiger partial charge in [-0.1, -0.05) is 23.7 Å². The molecule has 1 aromatic carbocycles. The fraction of sp³-hybridized carbons (Fsp3) is 0.286. The maximum Gasteiger partial charge on any atom is 0.0406 e. The molecule has 1 heterocycles. The molecule has 0 aliphatic carbocycles. The minimum Gasteiger partial charge on any atom is -0.305 e. The van der Waals surface area contributed by atoms with Crippen LogP contribution in [0.25, 0.3) is 0 Å². The van der Waals surface area contributed by atoms with Gasteiger partial charge in [-0.2, -0.15) is 0 Å². The van der Waals surface area contributed by atoms with Gasteiger partial charge in [0.1, 0.15) is 0 Å². The first-order valence-electron chi connectivity index (χ1n) is 5.80. The van der Waals surface area contributed by atoms with E-state index in [-0.39, 0.29) is 0 Å². The van der Waals surface area contributed by atoms with Gasteiger partial charge in [-0.25, -0.2) is 0 Å². The van der Waals surface area contributed by atoms with E-state index >= 15 is 0 Å². The molecule has 0 aliphatic rings. The Balaban J connectivity index is 1.95. The van der Waals surface area contributed by atoms with Crippen molar-refractivity contribution in [3.63, 3.8) is 0 Å². The van der Waals surface area contributed by atoms with Crippen LogP contribution >= 0.6 is 38.9 Å². The van der Waals surface area contributed by atoms with Gasteiger partial charge in [0, 0.05) is 31.8 Å². The Morgan fingerprint density at radius 2 is 2.00 bits per heavy atom. The summed E-state index contributed by atoms with van der Waals surface area (Å²) in [4.78, 5) is 2.67. The highest BCUT2D eigenvalue weighted by Gasteiger charge is 2.07. The second-order valence-electron chi connectivity index (χ2n) is 4.27. The molecule has 2 aromatic rings. The zero-order chi connectivity index (χ0) is 13.1. The number of benzene rings is 1. The molecule has 2 rings (SSSR count). The molecule has 1 aromatic heterocycles. The molecule has 0 amide bonds. The summed E-state index contributed by atoms with van der Waals surface area (Å²) in [5.74, 6) is 0. The highest BCUT2D eigenvalue weighted by molar-refractivity contribution is 9.10. The molecule has 0 spiro atoms. The van der Waals surface area contributed by atoms with Crippen molar-refractivity contribution in [3.05, 3.63) is 55.1 Å². The van der Waals surface area contributed by atoms with Crippen molar-refractivity contribution in [2.24, 2.45) is 0 Å². The lowest BCUT2D eigenvalue weighted by molar-refractivity contribution is 0.579. The normalized spacial score (nSPS) is 12.7. The molecule has 0 bridgehead atoms. The Hall–Kier alpha value is -0.350. The molecule has 1 atom stereocenters. The lowest BCUT2D eigenvalue weighted by atomic mass is 10.1. The molecule has 1 N–H and O–H groups in total. The average molecular weight is 345 g/mol. The van der Waals surface area contributed by atoms with Crippen LogP contribution in [0.1, 0.15) is 28.3 Å². The van der Waals surface area contributed by atoms with Crippen molar-refractivity contribution in [1.29, 1.82) is 0 Å². The highest BCUT2D eigenvalue weighted by Crippen LogP contribution is 2.26. The van der Waals surface area contributed by atoms with Crippen molar-refractivity contribution < 1.29 is 0 Å². The van der Waals surface area contributed by atoms with E-state index in [1.807, 2.05) is 23.5 Å². The fourth-order valence-electron chi connectivity index (χ4n) is 1.73. The van der Waals surface area contributed by atoms with Gasteiger partial charge in [0.25, 0.3) is 0 Å². The van der Waals surface area contributed by atoms with Gasteiger partial charge < -0.3 is 5.32 Å². The number of aryl methyl sites for hydroxylation is 1. The van der Waals surface area contributed by atoms with Crippen LogP contribution in [-0.2, 0) is 6.54 Å². The number of hydrogen-bond acceptors (Lipinski definition) is 2. The number of thiophene rings is 1. The maximum absolute atomic E-state index is 5.89. The predicted octanol–water partition coefficient (Wildman–Crippen LogP) is 5.32. The smallest absolute Gasteiger partial charge is 0.0406 e. The van der Waals surface area contributed by atoms with E-state index < -0.39 is 0 Å². The Labute approximate surface area is 125 Å². The van der Waals surface area contributed by atoms with Gasteiger partial charge >= 0.3 is 0 Å². The van der Waals surface area contributed by atoms with Crippen LogP contribution in [0.5, 0.6) is 0 Å². The average Bonchev–Trinajstić information content (AvgIpc) is 2.67. The second-order valence-corrected chi connectivity index (χ2v) is 6.90. The SMILES string of the molecule is Cc1sc(CN[C@H](C)c2ccc(Cl)cc2)cc1Br. The van der Waals surface area contributed by atoms with E-state index in [1.54, 1.807) is 0 Å². The van der Waals surface area contributed by atoms with Crippen LogP contribution in [0.3, 0.4) is 0 Å². The van der Waals surface area contributed by atoms with E-state index in [2.05, 4.69) is 53.3 Å². The summed E-state index contributed by atoms with van der Waals surface area (Å²) in [6, 6.07) is 10.5. The summed E-state index contributed by atoms with van der Waals surface area (Å²) in [5, 5.41) is 4.30. The van der Waals surface area contributed by atoms with E-state index in [0.29, 0.717) is 6.04 Å². The number of rotatable bonds is 4. The van der Waals surface area contributed by atoms with E-state index in [0.717, 1.165) is 11.6 Å². The molecule has 0 saturated heterocycles. The second kappa shape index (κ2) is 6.20. The van der Waals surface area contributed by atoms with Gasteiger partial charge in [0.05, 0.1) is 0 Å². The molecular formula is C14H15BrClNS. The molecule has 0 radical (unpaired) electrons. The summed E-state index contributed by atoms with van der Waals surface area (Å²) >= 11 is 11.3. The number of nitrogens with one attached hydrogen (secondary N) is 1. The summed E-state index contributed by atoms with van der Waals surface area (Å²) < 4.78 is 1.20. The quantitative estimate of drug-likeness (QED) is 0.791. The van der Waals surface area contributed by atoms with Crippen molar-refractivity contribution in [2.75, 3.05) is 0 Å². The molecule has 0 fully saturated rings. The largest absolute Gasteiger partial charge is 0.305 e. The first-order valence-corrected chi connectivity index (χ1v) is 7.78. The van der Waals surface area contributed by atoms with Gasteiger partial charge in [-0.05, 0) is 53.5 Å². The van der Waals surface area contributed by atoms with Crippen molar-refractivity contribution in [1.82, 2.24) is 5.32 Å². The molecule has 4 heteroatoms. The van der Waals surface area contributed by atoms with Crippen LogP contribution < -0.4 is 5.32 Å². The number of halogens is 2. The standard InChI is InChI=1S/C14H15BrClNS/c1-9(11-3-5-12(16)6-4-11)17-8-13-7-14(15)10(2)18-13/h3-7,9,17H,8H2,1-2H3/t9-/m1/s1. The Bertz CT molecular complexity index is 502. The Morgan fingerprint density at radius 3 is 2.56 bits per heavy atom. The lowest BCUT2D eigenvalue weighted by Gasteiger charge is -2.13. The van der Waals surface area contributed by atoms with Crippen LogP contribution in [0.4, 0.5) is 0 Å². The highest BCUT2D eigenvalue weighted by atomic mass is 79.9. The maximum atomic E-state index is 5.89. The molecule has 0 saturated carbocycles. The lowest BCUT2D eigenvalue weighted by Crippen LogP contribution is -2.17. The van der Waals surface area contributed by atoms with Crippen molar-refractivity contribution >= 4 is 38.9 Å². The van der Waals surface area contributed by atoms with Gasteiger partial charge in [0.2, 0.25) is 0 Å². The third kappa shape index (κ3) is 3.58. The molecule has 18 heavy (non-hydrogen) atoms. The molecule has 0 unspecified atom stereocenters. The van der Waals surface area contributed by atoms with Gasteiger partial charge in [-0.3, -0.25) is 0 Å². The van der Waals surface area contributed by atoms with E-state index in [1.165, 1.54) is 19.8 Å². The van der Waals surface area contributed by atoms with Gasteiger partial charge in [-0.15, -0.1) is 11.3 Å². The van der Waals surface area contributed by atoms with Crippen LogP contribution in [0.15, 0.2) is 34.8 Å². The monoisotopic (exact) mass is 343 g/mol. The Kier molecular flexibility index (Phi) is 4.84. The molecular weight excluding hydrogens is 330 g/mol. The number of hydrogen-bond donors (Lipinski definition) is 1. The predicted molar refractivity (Wildman–Crippen MR) is 83.5 cm³/mol. The van der Waals surface area contributed by atoms with Crippen LogP contribution in [-0.4, -0.2) is 0 Å². The van der Waals surface area contributed by atoms with E-state index in [4.69, 9.17) is 11.6 Å². The third-order valence-corrected chi connectivity index (χ3v) is 5.25. The van der Waals surface area contributed by atoms with E-state index in [9.17, 15) is 0 Å². The summed E-state index contributed by atoms with van der Waals surface area (Å²) in [5.41, 5.74) is 1.26. The van der Waals surface area contributed by atoms with Gasteiger partial charge in [0.15, 0.2) is 0 Å². The minimum atomic E-state index is 0.323. The minimum absolute atomic E-state index is 0.323. The zero-order valence-electron chi connectivity index (χ0n) is 10.3. The van der Waals surface area contributed by atoms with Crippen LogP contribution in [0.2, 0.25) is 5.02 Å². The Morgan fingerprint density at radius 1 is 1.33 bits per heavy atom. The topological polar surface area (TPSA) is 12.0 Å². The molecule has 0 aliphatic heterocycles. The van der Waals surface area contributed by atoms with Crippen molar-refractivity contribution in [3.8, 4) is 0 Å². The van der Waals surface area contributed by atoms with Crippen molar-refractivity contribution in [2.45, 2.75) is 26.4 Å². The first-order chi connectivity index (χ1) is 8.56. The van der Waals surface area contributed by atoms with Crippen LogP contribution in [0, 0.1) is 6.92 Å². The summed E-state index contributed by atoms with van der Waals surface area (Å²) in [7, 11) is 0. The fourth-order valence-corrected chi connectivity index (χ4v) is 3.41. The first kappa shape index (κ1) is 14.1. The molecule has 96 valence electrons. The molecule has 1 nitrogen and oxygen atoms in total. The summed E-state index contributed by atoms with van der Waals surface area (Å²) in [6.07, 6.45) is 0. The third-order valence-electron chi connectivity index (χ3n) is 2.86.